The minimum absolute atomic E-state index is 0. The first-order valence-electron chi connectivity index (χ1n) is 17.4. The predicted octanol–water partition coefficient (Wildman–Crippen LogP) is 11.2. The molecule has 0 spiro atoms. The van der Waals surface area contributed by atoms with Crippen molar-refractivity contribution in [1.82, 2.24) is 19.5 Å². The Morgan fingerprint density at radius 3 is 2.13 bits per heavy atom. The van der Waals surface area contributed by atoms with Crippen molar-refractivity contribution in [2.45, 2.75) is 19.6 Å². The standard InChI is InChI=1S/C32H18N3O.C14H16NSi.Ir/c1-2-10-21(11-3-1)35-28-19-33-27-16-7-6-13-25(27)29(28)34-32(35)26-15-8-14-23-24-18-17-20-9-4-5-12-22(20)30(24)36-31(23)26;1-16(2,3)13-9-10-14(15-11-13)12-7-5-4-6-8-12;/h1-14,16-19H;4-7,9-11H,1-3H3;/q2*-1;. The molecule has 10 rings (SSSR count). The molecule has 0 fully saturated rings. The van der Waals surface area contributed by atoms with Crippen molar-refractivity contribution in [2.24, 2.45) is 0 Å². The third-order valence-electron chi connectivity index (χ3n) is 9.57. The first kappa shape index (κ1) is 34.4. The number of para-hydroxylation sites is 2. The van der Waals surface area contributed by atoms with Crippen molar-refractivity contribution in [3.8, 4) is 28.3 Å². The van der Waals surface area contributed by atoms with Gasteiger partial charge in [0.2, 0.25) is 0 Å². The molecule has 53 heavy (non-hydrogen) atoms. The fourth-order valence-electron chi connectivity index (χ4n) is 6.86. The maximum absolute atomic E-state index is 6.63. The molecular formula is C46H34IrN4OSi-2. The average Bonchev–Trinajstić information content (AvgIpc) is 3.78. The molecule has 0 N–H and O–H groups in total. The molecular weight excluding hydrogens is 845 g/mol. The normalized spacial score (nSPS) is 11.5. The van der Waals surface area contributed by atoms with E-state index in [4.69, 9.17) is 14.4 Å². The second-order valence-corrected chi connectivity index (χ2v) is 19.0. The number of benzene rings is 6. The van der Waals surface area contributed by atoms with E-state index >= 15 is 0 Å². The van der Waals surface area contributed by atoms with Crippen LogP contribution < -0.4 is 5.19 Å². The van der Waals surface area contributed by atoms with Gasteiger partial charge < -0.3 is 14.0 Å². The summed E-state index contributed by atoms with van der Waals surface area (Å²) in [6.45, 7) is 7.00. The van der Waals surface area contributed by atoms with Gasteiger partial charge in [-0.25, -0.2) is 0 Å². The Hall–Kier alpha value is -5.72. The van der Waals surface area contributed by atoms with Crippen LogP contribution in [0.15, 0.2) is 156 Å². The number of rotatable bonds is 4. The van der Waals surface area contributed by atoms with E-state index in [9.17, 15) is 0 Å². The molecule has 1 radical (unpaired) electrons. The Morgan fingerprint density at radius 2 is 1.36 bits per heavy atom. The van der Waals surface area contributed by atoms with E-state index in [-0.39, 0.29) is 20.1 Å². The second-order valence-electron chi connectivity index (χ2n) is 13.9. The number of imidazole rings is 1. The molecule has 0 saturated heterocycles. The molecule has 4 heterocycles. The molecule has 0 amide bonds. The number of furan rings is 1. The van der Waals surface area contributed by atoms with Gasteiger partial charge in [0, 0.05) is 48.1 Å². The van der Waals surface area contributed by atoms with Gasteiger partial charge in [-0.1, -0.05) is 116 Å². The Morgan fingerprint density at radius 1 is 0.604 bits per heavy atom. The Labute approximate surface area is 322 Å². The van der Waals surface area contributed by atoms with E-state index in [1.165, 1.54) is 5.19 Å². The molecule has 0 aliphatic carbocycles. The topological polar surface area (TPSA) is 56.7 Å². The van der Waals surface area contributed by atoms with Crippen LogP contribution in [0.25, 0.3) is 83.0 Å². The predicted molar refractivity (Wildman–Crippen MR) is 217 cm³/mol. The number of fused-ring (bicyclic) bond motifs is 8. The monoisotopic (exact) mass is 879 g/mol. The van der Waals surface area contributed by atoms with Gasteiger partial charge in [0.1, 0.15) is 5.58 Å². The molecule has 0 unspecified atom stereocenters. The molecule has 0 saturated carbocycles. The summed E-state index contributed by atoms with van der Waals surface area (Å²) < 4.78 is 8.78. The van der Waals surface area contributed by atoms with Crippen molar-refractivity contribution < 1.29 is 24.5 Å². The van der Waals surface area contributed by atoms with Crippen molar-refractivity contribution >= 4 is 67.9 Å². The van der Waals surface area contributed by atoms with Crippen LogP contribution in [0.1, 0.15) is 0 Å². The van der Waals surface area contributed by atoms with Crippen LogP contribution in [0.3, 0.4) is 0 Å². The minimum atomic E-state index is -1.23. The third-order valence-corrected chi connectivity index (χ3v) is 11.6. The summed E-state index contributed by atoms with van der Waals surface area (Å²) in [5.41, 5.74) is 8.36. The zero-order valence-electron chi connectivity index (χ0n) is 29.5. The van der Waals surface area contributed by atoms with Gasteiger partial charge in [-0.15, -0.1) is 54.1 Å². The molecule has 259 valence electrons. The summed E-state index contributed by atoms with van der Waals surface area (Å²) in [6.07, 6.45) is 3.93. The van der Waals surface area contributed by atoms with Crippen LogP contribution in [0, 0.1) is 12.1 Å². The van der Waals surface area contributed by atoms with Gasteiger partial charge in [0.25, 0.3) is 0 Å². The van der Waals surface area contributed by atoms with Crippen molar-refractivity contribution in [1.29, 1.82) is 0 Å². The fraction of sp³-hybridized carbons (Fsp3) is 0.0652. The van der Waals surface area contributed by atoms with Gasteiger partial charge >= 0.3 is 0 Å². The van der Waals surface area contributed by atoms with Gasteiger partial charge in [-0.05, 0) is 34.5 Å². The van der Waals surface area contributed by atoms with Crippen LogP contribution in [-0.2, 0) is 20.1 Å². The average molecular weight is 879 g/mol. The van der Waals surface area contributed by atoms with Gasteiger partial charge in [0.15, 0.2) is 0 Å². The summed E-state index contributed by atoms with van der Waals surface area (Å²) in [7, 11) is -1.23. The summed E-state index contributed by atoms with van der Waals surface area (Å²) >= 11 is 0. The number of hydrogen-bond donors (Lipinski definition) is 0. The number of nitrogens with zero attached hydrogens (tertiary/aromatic N) is 4. The van der Waals surface area contributed by atoms with Crippen molar-refractivity contribution in [3.63, 3.8) is 0 Å². The SMILES string of the molecule is C[Si](C)(C)c1ccc(-c2[c-]cccc2)nc1.[Ir].[c-]1ccc2c(oc3c4ccccc4ccc23)c1-c1nc2c3ccccc3ncc2n1-c1ccccc1. The van der Waals surface area contributed by atoms with E-state index < -0.39 is 8.07 Å². The molecule has 7 heteroatoms. The maximum atomic E-state index is 6.63. The van der Waals surface area contributed by atoms with Crippen LogP contribution in [-0.4, -0.2) is 27.6 Å². The number of pyridine rings is 2. The largest absolute Gasteiger partial charge is 0.500 e. The molecule has 4 aromatic heterocycles. The quantitative estimate of drug-likeness (QED) is 0.131. The van der Waals surface area contributed by atoms with Crippen LogP contribution in [0.5, 0.6) is 0 Å². The molecule has 0 aliphatic heterocycles. The maximum Gasteiger partial charge on any atom is 0.128 e. The van der Waals surface area contributed by atoms with E-state index in [0.717, 1.165) is 83.0 Å². The molecule has 6 aromatic carbocycles. The van der Waals surface area contributed by atoms with Gasteiger partial charge in [-0.2, -0.15) is 0 Å². The Balaban J connectivity index is 0.000000199. The summed E-state index contributed by atoms with van der Waals surface area (Å²) in [5.74, 6) is 0.781. The van der Waals surface area contributed by atoms with E-state index in [1.807, 2.05) is 79.1 Å². The smallest absolute Gasteiger partial charge is 0.128 e. The molecule has 0 bridgehead atoms. The summed E-state index contributed by atoms with van der Waals surface area (Å²) in [4.78, 5) is 14.5. The third kappa shape index (κ3) is 6.27. The fourth-order valence-corrected chi connectivity index (χ4v) is 7.89. The van der Waals surface area contributed by atoms with Crippen molar-refractivity contribution in [3.05, 3.63) is 164 Å². The number of aromatic nitrogens is 4. The van der Waals surface area contributed by atoms with E-state index in [1.54, 1.807) is 0 Å². The van der Waals surface area contributed by atoms with Gasteiger partial charge in [0.05, 0.1) is 42.2 Å². The number of hydrogen-bond acceptors (Lipinski definition) is 4. The van der Waals surface area contributed by atoms with Crippen LogP contribution in [0.4, 0.5) is 0 Å². The zero-order chi connectivity index (χ0) is 35.2. The van der Waals surface area contributed by atoms with E-state index in [2.05, 4.69) is 114 Å². The van der Waals surface area contributed by atoms with Gasteiger partial charge in [-0.3, -0.25) is 9.97 Å². The van der Waals surface area contributed by atoms with Crippen LogP contribution in [0.2, 0.25) is 19.6 Å². The summed E-state index contributed by atoms with van der Waals surface area (Å²) in [5, 5.41) is 6.82. The molecule has 0 aliphatic rings. The first-order chi connectivity index (χ1) is 25.4. The van der Waals surface area contributed by atoms with Crippen molar-refractivity contribution in [2.75, 3.05) is 0 Å². The second kappa shape index (κ2) is 14.0. The van der Waals surface area contributed by atoms with Crippen LogP contribution >= 0.6 is 0 Å². The first-order valence-corrected chi connectivity index (χ1v) is 20.9. The zero-order valence-corrected chi connectivity index (χ0v) is 32.9. The molecule has 5 nitrogen and oxygen atoms in total. The Bertz CT molecular complexity index is 2880. The van der Waals surface area contributed by atoms with E-state index in [0.29, 0.717) is 0 Å². The minimum Gasteiger partial charge on any atom is -0.500 e. The molecule has 10 aromatic rings. The Kier molecular flexibility index (Phi) is 9.09. The summed E-state index contributed by atoms with van der Waals surface area (Å²) in [6, 6.07) is 54.0. The molecule has 0 atom stereocenters.